The summed E-state index contributed by atoms with van der Waals surface area (Å²) in [5.41, 5.74) is 2.51. The minimum absolute atomic E-state index is 0.831. The molecule has 2 rings (SSSR count). The van der Waals surface area contributed by atoms with Gasteiger partial charge in [0.1, 0.15) is 5.82 Å². The molecular formula is C16H21BrN4. The number of anilines is 1. The standard InChI is InChI=1S/C16H21BrN4/c1-3-18-11-14-10-15(17)12-20-16(14)21(2)9-6-13-4-7-19-8-5-13/h4-5,7-8,10,12,18H,3,6,9,11H2,1-2H3. The third kappa shape index (κ3) is 4.79. The molecule has 0 unspecified atom stereocenters. The van der Waals surface area contributed by atoms with Gasteiger partial charge < -0.3 is 10.2 Å². The van der Waals surface area contributed by atoms with Crippen molar-refractivity contribution in [3.63, 3.8) is 0 Å². The van der Waals surface area contributed by atoms with E-state index in [1.54, 1.807) is 0 Å². The van der Waals surface area contributed by atoms with Gasteiger partial charge in [-0.3, -0.25) is 4.98 Å². The Bertz CT molecular complexity index is 559. The molecule has 21 heavy (non-hydrogen) atoms. The van der Waals surface area contributed by atoms with Crippen LogP contribution >= 0.6 is 15.9 Å². The highest BCUT2D eigenvalue weighted by molar-refractivity contribution is 9.10. The molecule has 0 aliphatic heterocycles. The van der Waals surface area contributed by atoms with Gasteiger partial charge in [0.15, 0.2) is 0 Å². The lowest BCUT2D eigenvalue weighted by Crippen LogP contribution is -2.24. The number of halogens is 1. The molecule has 4 nitrogen and oxygen atoms in total. The van der Waals surface area contributed by atoms with Crippen LogP contribution in [0.25, 0.3) is 0 Å². The van der Waals surface area contributed by atoms with Crippen LogP contribution in [0.2, 0.25) is 0 Å². The van der Waals surface area contributed by atoms with E-state index in [1.807, 2.05) is 18.6 Å². The first-order chi connectivity index (χ1) is 10.2. The first-order valence-electron chi connectivity index (χ1n) is 7.16. The van der Waals surface area contributed by atoms with Crippen molar-refractivity contribution in [2.45, 2.75) is 19.9 Å². The molecule has 0 spiro atoms. The van der Waals surface area contributed by atoms with E-state index in [1.165, 1.54) is 11.1 Å². The Morgan fingerprint density at radius 1 is 1.29 bits per heavy atom. The molecule has 0 saturated heterocycles. The van der Waals surface area contributed by atoms with Crippen molar-refractivity contribution < 1.29 is 0 Å². The third-order valence-electron chi connectivity index (χ3n) is 3.32. The first kappa shape index (κ1) is 15.9. The maximum absolute atomic E-state index is 4.57. The van der Waals surface area contributed by atoms with Crippen LogP contribution in [0.1, 0.15) is 18.1 Å². The number of nitrogens with zero attached hydrogens (tertiary/aromatic N) is 3. The highest BCUT2D eigenvalue weighted by Gasteiger charge is 2.09. The van der Waals surface area contributed by atoms with Crippen molar-refractivity contribution in [2.75, 3.05) is 25.0 Å². The molecule has 0 fully saturated rings. The smallest absolute Gasteiger partial charge is 0.132 e. The van der Waals surface area contributed by atoms with E-state index in [0.29, 0.717) is 0 Å². The van der Waals surface area contributed by atoms with Crippen molar-refractivity contribution in [3.8, 4) is 0 Å². The average molecular weight is 349 g/mol. The van der Waals surface area contributed by atoms with Crippen LogP contribution in [0.4, 0.5) is 5.82 Å². The molecule has 0 amide bonds. The Morgan fingerprint density at radius 3 is 2.76 bits per heavy atom. The average Bonchev–Trinajstić information content (AvgIpc) is 2.51. The van der Waals surface area contributed by atoms with Crippen molar-refractivity contribution >= 4 is 21.7 Å². The quantitative estimate of drug-likeness (QED) is 0.834. The minimum Gasteiger partial charge on any atom is -0.359 e. The first-order valence-corrected chi connectivity index (χ1v) is 7.95. The largest absolute Gasteiger partial charge is 0.359 e. The lowest BCUT2D eigenvalue weighted by molar-refractivity contribution is 0.718. The van der Waals surface area contributed by atoms with Crippen LogP contribution in [-0.4, -0.2) is 30.1 Å². The van der Waals surface area contributed by atoms with Gasteiger partial charge in [-0.15, -0.1) is 0 Å². The molecule has 2 aromatic heterocycles. The molecular weight excluding hydrogens is 328 g/mol. The minimum atomic E-state index is 0.831. The molecule has 0 radical (unpaired) electrons. The molecule has 5 heteroatoms. The number of hydrogen-bond donors (Lipinski definition) is 1. The number of pyridine rings is 2. The summed E-state index contributed by atoms with van der Waals surface area (Å²) < 4.78 is 1.02. The van der Waals surface area contributed by atoms with Crippen LogP contribution in [0, 0.1) is 0 Å². The zero-order valence-electron chi connectivity index (χ0n) is 12.5. The fourth-order valence-corrected chi connectivity index (χ4v) is 2.54. The van der Waals surface area contributed by atoms with E-state index >= 15 is 0 Å². The number of likely N-dealkylation sites (N-methyl/N-ethyl adjacent to an activating group) is 1. The van der Waals surface area contributed by atoms with Gasteiger partial charge in [-0.05, 0) is 52.7 Å². The van der Waals surface area contributed by atoms with Crippen molar-refractivity contribution in [1.29, 1.82) is 0 Å². The molecule has 0 aliphatic rings. The van der Waals surface area contributed by atoms with Gasteiger partial charge in [-0.25, -0.2) is 4.98 Å². The van der Waals surface area contributed by atoms with Gasteiger partial charge in [0, 0.05) is 48.8 Å². The Morgan fingerprint density at radius 2 is 2.05 bits per heavy atom. The summed E-state index contributed by atoms with van der Waals surface area (Å²) in [6.07, 6.45) is 6.51. The van der Waals surface area contributed by atoms with E-state index in [2.05, 4.69) is 68.3 Å². The zero-order chi connectivity index (χ0) is 15.1. The summed E-state index contributed by atoms with van der Waals surface area (Å²) in [6.45, 7) is 4.82. The molecule has 2 heterocycles. The predicted molar refractivity (Wildman–Crippen MR) is 90.5 cm³/mol. The van der Waals surface area contributed by atoms with Crippen LogP contribution < -0.4 is 10.2 Å². The number of rotatable bonds is 7. The molecule has 0 aliphatic carbocycles. The van der Waals surface area contributed by atoms with Crippen molar-refractivity contribution in [3.05, 3.63) is 52.4 Å². The second kappa shape index (κ2) is 8.10. The summed E-state index contributed by atoms with van der Waals surface area (Å²) in [5, 5.41) is 3.37. The summed E-state index contributed by atoms with van der Waals surface area (Å²) in [6, 6.07) is 6.25. The topological polar surface area (TPSA) is 41.1 Å². The maximum atomic E-state index is 4.57. The summed E-state index contributed by atoms with van der Waals surface area (Å²) >= 11 is 3.50. The third-order valence-corrected chi connectivity index (χ3v) is 3.76. The van der Waals surface area contributed by atoms with Crippen molar-refractivity contribution in [1.82, 2.24) is 15.3 Å². The van der Waals surface area contributed by atoms with Gasteiger partial charge in [0.2, 0.25) is 0 Å². The van der Waals surface area contributed by atoms with Crippen LogP contribution in [0.3, 0.4) is 0 Å². The highest BCUT2D eigenvalue weighted by Crippen LogP contribution is 2.21. The van der Waals surface area contributed by atoms with Crippen molar-refractivity contribution in [2.24, 2.45) is 0 Å². The van der Waals surface area contributed by atoms with E-state index < -0.39 is 0 Å². The number of aromatic nitrogens is 2. The van der Waals surface area contributed by atoms with E-state index in [4.69, 9.17) is 0 Å². The van der Waals surface area contributed by atoms with Gasteiger partial charge in [0.25, 0.3) is 0 Å². The maximum Gasteiger partial charge on any atom is 0.132 e. The fraction of sp³-hybridized carbons (Fsp3) is 0.375. The normalized spacial score (nSPS) is 10.6. The number of hydrogen-bond acceptors (Lipinski definition) is 4. The Kier molecular flexibility index (Phi) is 6.14. The highest BCUT2D eigenvalue weighted by atomic mass is 79.9. The summed E-state index contributed by atoms with van der Waals surface area (Å²) in [5.74, 6) is 1.04. The predicted octanol–water partition coefficient (Wildman–Crippen LogP) is 3.03. The summed E-state index contributed by atoms with van der Waals surface area (Å²) in [7, 11) is 2.09. The lowest BCUT2D eigenvalue weighted by Gasteiger charge is -2.21. The molecule has 0 aromatic carbocycles. The molecule has 0 atom stereocenters. The second-order valence-corrected chi connectivity index (χ2v) is 5.86. The Labute approximate surface area is 134 Å². The van der Waals surface area contributed by atoms with Gasteiger partial charge in [-0.1, -0.05) is 6.92 Å². The molecule has 112 valence electrons. The summed E-state index contributed by atoms with van der Waals surface area (Å²) in [4.78, 5) is 10.8. The van der Waals surface area contributed by atoms with Gasteiger partial charge in [0.05, 0.1) is 0 Å². The molecule has 0 bridgehead atoms. The molecule has 1 N–H and O–H groups in total. The second-order valence-electron chi connectivity index (χ2n) is 4.94. The fourth-order valence-electron chi connectivity index (χ4n) is 2.16. The van der Waals surface area contributed by atoms with E-state index in [-0.39, 0.29) is 0 Å². The molecule has 0 saturated carbocycles. The van der Waals surface area contributed by atoms with E-state index in [0.717, 1.165) is 36.3 Å². The Balaban J connectivity index is 2.05. The monoisotopic (exact) mass is 348 g/mol. The Hall–Kier alpha value is -1.46. The van der Waals surface area contributed by atoms with Gasteiger partial charge in [-0.2, -0.15) is 0 Å². The molecule has 2 aromatic rings. The van der Waals surface area contributed by atoms with E-state index in [9.17, 15) is 0 Å². The van der Waals surface area contributed by atoms with Crippen LogP contribution in [-0.2, 0) is 13.0 Å². The van der Waals surface area contributed by atoms with Crippen LogP contribution in [0.5, 0.6) is 0 Å². The number of nitrogens with one attached hydrogen (secondary N) is 1. The van der Waals surface area contributed by atoms with Gasteiger partial charge >= 0.3 is 0 Å². The lowest BCUT2D eigenvalue weighted by atomic mass is 10.2. The zero-order valence-corrected chi connectivity index (χ0v) is 14.1. The SMILES string of the molecule is CCNCc1cc(Br)cnc1N(C)CCc1ccncc1. The van der Waals surface area contributed by atoms with Crippen LogP contribution in [0.15, 0.2) is 41.3 Å².